The van der Waals surface area contributed by atoms with E-state index in [0.717, 1.165) is 49.2 Å². The van der Waals surface area contributed by atoms with Gasteiger partial charge in [0.15, 0.2) is 0 Å². The monoisotopic (exact) mass is 302 g/mol. The van der Waals surface area contributed by atoms with Gasteiger partial charge in [-0.3, -0.25) is 14.6 Å². The Bertz CT molecular complexity index is 611. The summed E-state index contributed by atoms with van der Waals surface area (Å²) in [4.78, 5) is 15.1. The van der Waals surface area contributed by atoms with Crippen molar-refractivity contribution in [2.45, 2.75) is 25.4 Å². The van der Waals surface area contributed by atoms with Gasteiger partial charge in [-0.15, -0.1) is 0 Å². The van der Waals surface area contributed by atoms with Crippen LogP contribution in [0.1, 0.15) is 18.6 Å². The molecule has 0 aliphatic carbocycles. The van der Waals surface area contributed by atoms with Crippen LogP contribution in [-0.2, 0) is 11.3 Å². The van der Waals surface area contributed by atoms with Crippen LogP contribution in [0.25, 0.3) is 11.0 Å². The van der Waals surface area contributed by atoms with E-state index in [1.807, 2.05) is 30.1 Å². The first-order valence-electron chi connectivity index (χ1n) is 7.73. The standard InChI is InChI=1S/C17H22N2O3/c1-18(12-17(20)21)14-6-8-19(9-7-14)11-15-10-13-4-2-3-5-16(13)22-15/h2-5,10,14H,6-9,11-12H2,1H3,(H,20,21). The lowest BCUT2D eigenvalue weighted by Crippen LogP contribution is -2.44. The van der Waals surface area contributed by atoms with Gasteiger partial charge in [-0.2, -0.15) is 0 Å². The maximum atomic E-state index is 10.8. The second kappa shape index (κ2) is 6.50. The zero-order valence-corrected chi connectivity index (χ0v) is 12.9. The molecule has 0 saturated carbocycles. The smallest absolute Gasteiger partial charge is 0.317 e. The molecule has 0 spiro atoms. The lowest BCUT2D eigenvalue weighted by Gasteiger charge is -2.35. The molecule has 1 aliphatic rings. The number of rotatable bonds is 5. The molecule has 2 heterocycles. The van der Waals surface area contributed by atoms with Crippen LogP contribution in [0.3, 0.4) is 0 Å². The molecule has 3 rings (SSSR count). The molecule has 1 aliphatic heterocycles. The third-order valence-corrected chi connectivity index (χ3v) is 4.42. The number of aliphatic carboxylic acids is 1. The van der Waals surface area contributed by atoms with Crippen LogP contribution in [0.2, 0.25) is 0 Å². The molecule has 0 unspecified atom stereocenters. The van der Waals surface area contributed by atoms with Crippen molar-refractivity contribution in [2.24, 2.45) is 0 Å². The first-order chi connectivity index (χ1) is 10.6. The highest BCUT2D eigenvalue weighted by Gasteiger charge is 2.24. The van der Waals surface area contributed by atoms with Gasteiger partial charge in [0.05, 0.1) is 13.1 Å². The van der Waals surface area contributed by atoms with Crippen molar-refractivity contribution < 1.29 is 14.3 Å². The second-order valence-electron chi connectivity index (χ2n) is 6.07. The summed E-state index contributed by atoms with van der Waals surface area (Å²) in [6.07, 6.45) is 2.01. The van der Waals surface area contributed by atoms with E-state index in [1.165, 1.54) is 0 Å². The van der Waals surface area contributed by atoms with Crippen molar-refractivity contribution in [3.63, 3.8) is 0 Å². The summed E-state index contributed by atoms with van der Waals surface area (Å²) in [6, 6.07) is 10.5. The van der Waals surface area contributed by atoms with E-state index in [4.69, 9.17) is 9.52 Å². The van der Waals surface area contributed by atoms with Crippen molar-refractivity contribution in [2.75, 3.05) is 26.7 Å². The van der Waals surface area contributed by atoms with E-state index in [0.29, 0.717) is 6.04 Å². The van der Waals surface area contributed by atoms with Crippen LogP contribution >= 0.6 is 0 Å². The van der Waals surface area contributed by atoms with Gasteiger partial charge in [0.2, 0.25) is 0 Å². The van der Waals surface area contributed by atoms with Crippen molar-refractivity contribution >= 4 is 16.9 Å². The zero-order chi connectivity index (χ0) is 15.5. The van der Waals surface area contributed by atoms with E-state index >= 15 is 0 Å². The number of furan rings is 1. The first-order valence-corrected chi connectivity index (χ1v) is 7.73. The average molecular weight is 302 g/mol. The molecule has 0 atom stereocenters. The van der Waals surface area contributed by atoms with E-state index in [-0.39, 0.29) is 6.54 Å². The minimum Gasteiger partial charge on any atom is -0.480 e. The highest BCUT2D eigenvalue weighted by Crippen LogP contribution is 2.22. The lowest BCUT2D eigenvalue weighted by atomic mass is 10.0. The summed E-state index contributed by atoms with van der Waals surface area (Å²) >= 11 is 0. The lowest BCUT2D eigenvalue weighted by molar-refractivity contribution is -0.138. The van der Waals surface area contributed by atoms with Gasteiger partial charge >= 0.3 is 5.97 Å². The van der Waals surface area contributed by atoms with Gasteiger partial charge in [-0.1, -0.05) is 18.2 Å². The molecule has 5 heteroatoms. The van der Waals surface area contributed by atoms with E-state index in [9.17, 15) is 4.79 Å². The van der Waals surface area contributed by atoms with Gasteiger partial charge in [0, 0.05) is 24.5 Å². The van der Waals surface area contributed by atoms with E-state index < -0.39 is 5.97 Å². The highest BCUT2D eigenvalue weighted by molar-refractivity contribution is 5.77. The molecule has 1 N–H and O–H groups in total. The van der Waals surface area contributed by atoms with Crippen molar-refractivity contribution in [1.82, 2.24) is 9.80 Å². The second-order valence-corrected chi connectivity index (χ2v) is 6.07. The highest BCUT2D eigenvalue weighted by atomic mass is 16.4. The number of piperidine rings is 1. The maximum Gasteiger partial charge on any atom is 0.317 e. The molecule has 118 valence electrons. The van der Waals surface area contributed by atoms with Crippen LogP contribution in [0, 0.1) is 0 Å². The molecule has 0 bridgehead atoms. The Labute approximate surface area is 130 Å². The zero-order valence-electron chi connectivity index (χ0n) is 12.9. The normalized spacial score (nSPS) is 17.4. The quantitative estimate of drug-likeness (QED) is 0.919. The van der Waals surface area contributed by atoms with E-state index in [2.05, 4.69) is 17.0 Å². The van der Waals surface area contributed by atoms with Gasteiger partial charge in [-0.25, -0.2) is 0 Å². The van der Waals surface area contributed by atoms with Gasteiger partial charge < -0.3 is 9.52 Å². The van der Waals surface area contributed by atoms with Gasteiger partial charge in [0.1, 0.15) is 11.3 Å². The number of benzene rings is 1. The molecule has 2 aromatic rings. The SMILES string of the molecule is CN(CC(=O)O)C1CCN(Cc2cc3ccccc3o2)CC1. The number of carboxylic acid groups (broad SMARTS) is 1. The molecular weight excluding hydrogens is 280 g/mol. The number of likely N-dealkylation sites (N-methyl/N-ethyl adjacent to an activating group) is 1. The van der Waals surface area contributed by atoms with Crippen molar-refractivity contribution in [3.8, 4) is 0 Å². The van der Waals surface area contributed by atoms with Crippen molar-refractivity contribution in [3.05, 3.63) is 36.1 Å². The molecule has 1 aromatic heterocycles. The number of carbonyl (C=O) groups is 1. The topological polar surface area (TPSA) is 56.9 Å². The van der Waals surface area contributed by atoms with Crippen LogP contribution in [0.4, 0.5) is 0 Å². The number of fused-ring (bicyclic) bond motifs is 1. The number of para-hydroxylation sites is 1. The predicted octanol–water partition coefficient (Wildman–Crippen LogP) is 2.41. The average Bonchev–Trinajstić information content (AvgIpc) is 2.89. The summed E-state index contributed by atoms with van der Waals surface area (Å²) in [5.41, 5.74) is 0.938. The van der Waals surface area contributed by atoms with E-state index in [1.54, 1.807) is 0 Å². The fraction of sp³-hybridized carbons (Fsp3) is 0.471. The Hall–Kier alpha value is -1.85. The van der Waals surface area contributed by atoms with Crippen LogP contribution in [0.5, 0.6) is 0 Å². The third kappa shape index (κ3) is 3.48. The number of nitrogens with zero attached hydrogens (tertiary/aromatic N) is 2. The predicted molar refractivity (Wildman–Crippen MR) is 84.8 cm³/mol. The summed E-state index contributed by atoms with van der Waals surface area (Å²) in [5.74, 6) is 0.241. The molecule has 1 fully saturated rings. The number of hydrogen-bond acceptors (Lipinski definition) is 4. The molecule has 0 radical (unpaired) electrons. The summed E-state index contributed by atoms with van der Waals surface area (Å²) in [6.45, 7) is 2.90. The number of carboxylic acids is 1. The van der Waals surface area contributed by atoms with Gasteiger partial charge in [-0.05, 0) is 32.0 Å². The molecule has 1 aromatic carbocycles. The maximum absolute atomic E-state index is 10.8. The Balaban J connectivity index is 1.54. The molecular formula is C17H22N2O3. The number of hydrogen-bond donors (Lipinski definition) is 1. The minimum atomic E-state index is -0.757. The Morgan fingerprint density at radius 2 is 2.09 bits per heavy atom. The summed E-state index contributed by atoms with van der Waals surface area (Å²) in [5, 5.41) is 10.0. The Morgan fingerprint density at radius 1 is 1.36 bits per heavy atom. The fourth-order valence-electron chi connectivity index (χ4n) is 3.20. The van der Waals surface area contributed by atoms with Crippen molar-refractivity contribution in [1.29, 1.82) is 0 Å². The summed E-state index contributed by atoms with van der Waals surface area (Å²) in [7, 11) is 1.90. The van der Waals surface area contributed by atoms with Crippen LogP contribution < -0.4 is 0 Å². The summed E-state index contributed by atoms with van der Waals surface area (Å²) < 4.78 is 5.87. The van der Waals surface area contributed by atoms with Crippen LogP contribution in [-0.4, -0.2) is 53.6 Å². The fourth-order valence-corrected chi connectivity index (χ4v) is 3.20. The largest absolute Gasteiger partial charge is 0.480 e. The van der Waals surface area contributed by atoms with Crippen LogP contribution in [0.15, 0.2) is 34.7 Å². The molecule has 1 saturated heterocycles. The third-order valence-electron chi connectivity index (χ3n) is 4.42. The Kier molecular flexibility index (Phi) is 4.45. The molecule has 0 amide bonds. The van der Waals surface area contributed by atoms with Gasteiger partial charge in [0.25, 0.3) is 0 Å². The molecule has 5 nitrogen and oxygen atoms in total. The minimum absolute atomic E-state index is 0.119. The first kappa shape index (κ1) is 15.1. The molecule has 22 heavy (non-hydrogen) atoms. The Morgan fingerprint density at radius 3 is 2.77 bits per heavy atom. The number of likely N-dealkylation sites (tertiary alicyclic amines) is 1.